The molecule has 0 unspecified atom stereocenters. The molecular formula is C89H105N21O8S. The summed E-state index contributed by atoms with van der Waals surface area (Å²) >= 11 is 1.62. The number of thiazole rings is 1. The summed E-state index contributed by atoms with van der Waals surface area (Å²) in [7, 11) is 11.2. The second-order valence-electron chi connectivity index (χ2n) is 30.8. The molecule has 4 aromatic carbocycles. The van der Waals surface area contributed by atoms with Crippen molar-refractivity contribution in [2.75, 3.05) is 179 Å². The van der Waals surface area contributed by atoms with Gasteiger partial charge in [-0.3, -0.25) is 39.1 Å². The summed E-state index contributed by atoms with van der Waals surface area (Å²) in [6.45, 7) is 17.8. The lowest BCUT2D eigenvalue weighted by atomic mass is 9.99. The van der Waals surface area contributed by atoms with Gasteiger partial charge in [-0.05, 0) is 172 Å². The largest absolute Gasteiger partial charge is 0.506 e. The van der Waals surface area contributed by atoms with E-state index in [1.54, 1.807) is 57.3 Å². The van der Waals surface area contributed by atoms with Crippen molar-refractivity contribution in [1.29, 1.82) is 0 Å². The molecule has 0 spiro atoms. The number of benzene rings is 4. The standard InChI is InChI=1S/C31H39N7O3.C30H33N7O2S.C28H33N7O3/c1-21-17-33-31(34-23-16-22(6-5-15-39)18-32-19-23)36-29(21)26-10-9-25-24(26)7-4-8-27(25)35-30(40)28(20-41-3)38-13-11-37(2)12-14-38;1-19-16-31-30(33-20-7-10-27-25(15-20)32-18-40-27)35-28(19)23-9-8-22-21(23)5-4-6-24(22)34-29(38)26(17-39-3)37-13-11-36(2)12-14-37;1-18-14-30-28(31-19-13-20(36)16-29-15-19)33-26(18)23-8-7-22-21(23)5-4-6-24(22)32-27(37)25(17-38-3)35-11-9-34(2)10-12-35/h4,7-8,10,16-19,28,39H,5-6,9,11-15,20H2,1-3H3,(H,35,40)(H,33,34,36);4-7,9-10,15-16,18,26H,8,11-14,17H2,1-3H3,(H,34,38)(H,31,33,35);4-6,8,13-16,25,36H,7,9-12,17H2,1-3H3,(H,32,37)(H,30,31,33)/t28-;26-;25-/m111/s1. The molecule has 3 saturated heterocycles. The van der Waals surface area contributed by atoms with Crippen molar-refractivity contribution in [1.82, 2.24) is 74.3 Å². The average Bonchev–Trinajstić information content (AvgIpc) is 1.65. The third-order valence-corrected chi connectivity index (χ3v) is 23.3. The van der Waals surface area contributed by atoms with Crippen LogP contribution in [0, 0.1) is 20.8 Å². The molecule has 29 nitrogen and oxygen atoms in total. The second kappa shape index (κ2) is 39.5. The summed E-state index contributed by atoms with van der Waals surface area (Å²) in [6.07, 6.45) is 22.0. The highest BCUT2D eigenvalue weighted by atomic mass is 32.1. The molecule has 30 heteroatoms. The number of nitrogens with zero attached hydrogens (tertiary/aromatic N) is 15. The fourth-order valence-electron chi connectivity index (χ4n) is 15.8. The Balaban J connectivity index is 0.000000147. The van der Waals surface area contributed by atoms with Crippen molar-refractivity contribution in [3.63, 3.8) is 0 Å². The van der Waals surface area contributed by atoms with Crippen LogP contribution in [0.1, 0.15) is 79.1 Å². The normalized spacial score (nSPS) is 16.4. The zero-order valence-electron chi connectivity index (χ0n) is 69.0. The molecule has 620 valence electrons. The number of methoxy groups -OCH3 is 3. The summed E-state index contributed by atoms with van der Waals surface area (Å²) < 4.78 is 17.4. The molecule has 10 aromatic rings. The Kier molecular flexibility index (Phi) is 28.0. The Hall–Kier alpha value is -11.3. The number of allylic oxidation sites excluding steroid dienone is 3. The van der Waals surface area contributed by atoms with Crippen molar-refractivity contribution in [2.45, 2.75) is 71.0 Å². The Morgan fingerprint density at radius 3 is 1.24 bits per heavy atom. The van der Waals surface area contributed by atoms with Gasteiger partial charge >= 0.3 is 0 Å². The molecule has 119 heavy (non-hydrogen) atoms. The maximum absolute atomic E-state index is 13.5. The van der Waals surface area contributed by atoms with Gasteiger partial charge in [0.2, 0.25) is 35.6 Å². The van der Waals surface area contributed by atoms with Crippen LogP contribution in [0.5, 0.6) is 5.75 Å². The first-order chi connectivity index (χ1) is 57.9. The van der Waals surface area contributed by atoms with Crippen LogP contribution in [0.4, 0.5) is 52.0 Å². The fourth-order valence-corrected chi connectivity index (χ4v) is 16.5. The van der Waals surface area contributed by atoms with E-state index in [0.717, 1.165) is 219 Å². The first kappa shape index (κ1) is 84.2. The van der Waals surface area contributed by atoms with Crippen LogP contribution < -0.4 is 31.9 Å². The van der Waals surface area contributed by atoms with Gasteiger partial charge in [0, 0.05) is 177 Å². The highest BCUT2D eigenvalue weighted by Crippen LogP contribution is 2.41. The van der Waals surface area contributed by atoms with Crippen molar-refractivity contribution in [3.05, 3.63) is 225 Å². The highest BCUT2D eigenvalue weighted by molar-refractivity contribution is 7.16. The molecular weight excluding hydrogens is 1520 g/mol. The minimum absolute atomic E-state index is 0.0324. The van der Waals surface area contributed by atoms with Crippen LogP contribution in [-0.2, 0) is 54.3 Å². The number of aliphatic hydroxyl groups is 1. The summed E-state index contributed by atoms with van der Waals surface area (Å²) in [5.74, 6) is 1.36. The predicted octanol–water partition coefficient (Wildman–Crippen LogP) is 10.2. The van der Waals surface area contributed by atoms with E-state index < -0.39 is 0 Å². The van der Waals surface area contributed by atoms with Crippen molar-refractivity contribution in [2.24, 2.45) is 0 Å². The number of piperazine rings is 3. The first-order valence-electron chi connectivity index (χ1n) is 40.4. The number of anilines is 9. The van der Waals surface area contributed by atoms with E-state index in [1.165, 1.54) is 6.20 Å². The van der Waals surface area contributed by atoms with Crippen molar-refractivity contribution < 1.29 is 38.8 Å². The number of aromatic hydroxyl groups is 1. The van der Waals surface area contributed by atoms with Gasteiger partial charge in [-0.1, -0.05) is 54.6 Å². The summed E-state index contributed by atoms with van der Waals surface area (Å²) in [5.41, 5.74) is 23.5. The number of hydrogen-bond acceptors (Lipinski definition) is 27. The number of aryl methyl sites for hydroxylation is 4. The van der Waals surface area contributed by atoms with Gasteiger partial charge in [-0.2, -0.15) is 0 Å². The van der Waals surface area contributed by atoms with Crippen LogP contribution in [-0.4, -0.2) is 268 Å². The number of amides is 3. The van der Waals surface area contributed by atoms with Crippen LogP contribution >= 0.6 is 11.3 Å². The lowest BCUT2D eigenvalue weighted by Gasteiger charge is -2.36. The third kappa shape index (κ3) is 20.5. The Morgan fingerprint density at radius 1 is 0.462 bits per heavy atom. The van der Waals surface area contributed by atoms with Crippen molar-refractivity contribution in [3.8, 4) is 5.75 Å². The highest BCUT2D eigenvalue weighted by Gasteiger charge is 2.35. The minimum atomic E-state index is -0.344. The van der Waals surface area contributed by atoms with Gasteiger partial charge in [0.15, 0.2) is 0 Å². The van der Waals surface area contributed by atoms with Gasteiger partial charge in [-0.15, -0.1) is 11.3 Å². The molecule has 8 N–H and O–H groups in total. The number of aliphatic hydroxyl groups excluding tert-OH is 1. The molecule has 6 aromatic heterocycles. The molecule has 9 heterocycles. The molecule has 3 amide bonds. The minimum Gasteiger partial charge on any atom is -0.506 e. The quantitative estimate of drug-likeness (QED) is 0.0237. The number of carbonyl (C=O) groups excluding carboxylic acids is 3. The monoisotopic (exact) mass is 1630 g/mol. The van der Waals surface area contributed by atoms with Crippen LogP contribution in [0.25, 0.3) is 26.9 Å². The molecule has 0 saturated carbocycles. The fraction of sp³-hybridized carbons (Fsp3) is 0.371. The number of ether oxygens (including phenoxy) is 3. The number of carbonyl (C=O) groups is 3. The topological polar surface area (TPSA) is 327 Å². The van der Waals surface area contributed by atoms with E-state index in [9.17, 15) is 19.5 Å². The van der Waals surface area contributed by atoms with Crippen LogP contribution in [0.2, 0.25) is 0 Å². The van der Waals surface area contributed by atoms with Gasteiger partial charge in [0.05, 0.1) is 82.6 Å². The first-order valence-corrected chi connectivity index (χ1v) is 41.3. The lowest BCUT2D eigenvalue weighted by molar-refractivity contribution is -0.124. The zero-order chi connectivity index (χ0) is 83.1. The number of pyridine rings is 2. The summed E-state index contributed by atoms with van der Waals surface area (Å²) in [5, 5.41) is 38.2. The zero-order valence-corrected chi connectivity index (χ0v) is 69.8. The molecule has 6 aliphatic rings. The number of aromatic nitrogens is 9. The van der Waals surface area contributed by atoms with Crippen molar-refractivity contribution >= 4 is 108 Å². The van der Waals surface area contributed by atoms with E-state index in [2.05, 4.69) is 155 Å². The number of nitrogens with one attached hydrogen (secondary N) is 6. The smallest absolute Gasteiger partial charge is 0.244 e. The lowest BCUT2D eigenvalue weighted by Crippen LogP contribution is -2.54. The number of likely N-dealkylation sites (N-methyl/N-ethyl adjacent to an activating group) is 3. The molecule has 16 rings (SSSR count). The summed E-state index contributed by atoms with van der Waals surface area (Å²) in [4.78, 5) is 94.5. The van der Waals surface area contributed by atoms with Crippen LogP contribution in [0.3, 0.4) is 0 Å². The Morgan fingerprint density at radius 2 is 0.849 bits per heavy atom. The van der Waals surface area contributed by atoms with Gasteiger partial charge < -0.3 is 71.0 Å². The SMILES string of the molecule is COC[C@H](C(=O)Nc1cccc2c1CC=C2c1nc(Nc2ccc3scnc3c2)ncc1C)N1CCN(C)CC1.COC[C@H](C(=O)Nc1cccc2c1CC=C2c1nc(Nc2cncc(CCCO)c2)ncc1C)N1CCN(C)CC1.COC[C@H](C(=O)Nc1cccc2c1CC=C2c1nc(Nc2cncc(O)c2)ncc1C)N1CCN(C)CC1. The summed E-state index contributed by atoms with van der Waals surface area (Å²) in [6, 6.07) is 26.7. The Bertz CT molecular complexity index is 5370. The molecule has 3 aliphatic carbocycles. The molecule has 0 radical (unpaired) electrons. The van der Waals surface area contributed by atoms with E-state index >= 15 is 0 Å². The predicted molar refractivity (Wildman–Crippen MR) is 467 cm³/mol. The number of hydrogen-bond donors (Lipinski definition) is 8. The number of rotatable bonds is 27. The molecule has 0 bridgehead atoms. The third-order valence-electron chi connectivity index (χ3n) is 22.4. The Labute approximate surface area is 698 Å². The van der Waals surface area contributed by atoms with Gasteiger partial charge in [-0.25, -0.2) is 34.9 Å². The van der Waals surface area contributed by atoms with E-state index in [4.69, 9.17) is 34.3 Å². The number of fused-ring (bicyclic) bond motifs is 4. The van der Waals surface area contributed by atoms with E-state index in [0.29, 0.717) is 62.6 Å². The molecule has 3 aliphatic heterocycles. The average molecular weight is 1630 g/mol. The molecule has 3 atom stereocenters. The maximum Gasteiger partial charge on any atom is 0.244 e. The van der Waals surface area contributed by atoms with Gasteiger partial charge in [0.1, 0.15) is 23.9 Å². The van der Waals surface area contributed by atoms with Crippen LogP contribution in [0.15, 0.2) is 152 Å². The van der Waals surface area contributed by atoms with E-state index in [1.807, 2.05) is 99.5 Å². The second-order valence-corrected chi connectivity index (χ2v) is 31.7. The van der Waals surface area contributed by atoms with Gasteiger partial charge in [0.25, 0.3) is 0 Å². The van der Waals surface area contributed by atoms with E-state index in [-0.39, 0.29) is 48.2 Å². The maximum atomic E-state index is 13.5. The molecule has 3 fully saturated rings.